The van der Waals surface area contributed by atoms with Crippen molar-refractivity contribution in [2.45, 2.75) is 13.5 Å². The zero-order valence-corrected chi connectivity index (χ0v) is 15.1. The monoisotopic (exact) mass is 396 g/mol. The first kappa shape index (κ1) is 18.4. The Kier molecular flexibility index (Phi) is 4.82. The van der Waals surface area contributed by atoms with Gasteiger partial charge in [-0.25, -0.2) is 13.5 Å². The number of hydrogen-bond donors (Lipinski definition) is 1. The molecule has 0 saturated carbocycles. The van der Waals surface area contributed by atoms with E-state index in [1.807, 2.05) is 0 Å². The Morgan fingerprint density at radius 3 is 2.66 bits per heavy atom. The van der Waals surface area contributed by atoms with E-state index in [0.29, 0.717) is 23.5 Å². The predicted octanol–water partition coefficient (Wildman–Crippen LogP) is 3.22. The third-order valence-electron chi connectivity index (χ3n) is 4.08. The molecule has 0 aliphatic carbocycles. The minimum Gasteiger partial charge on any atom is -0.328 e. The summed E-state index contributed by atoms with van der Waals surface area (Å²) in [5, 5.41) is 14.3. The molecule has 29 heavy (non-hydrogen) atoms. The third-order valence-corrected chi connectivity index (χ3v) is 4.08. The standard InChI is InChI=1S/C19H14F2N6O2/c1-11-8-14(21)6-7-15(11)22-18(28)19-23-17(25-29-19)16-10-27(26-24-16)9-12-2-4-13(20)5-3-12/h2-8,10H,9H2,1H3,(H,22,28). The van der Waals surface area contributed by atoms with Gasteiger partial charge in [-0.3, -0.25) is 4.79 Å². The number of carbonyl (C=O) groups is 1. The molecule has 4 aromatic rings. The highest BCUT2D eigenvalue weighted by Crippen LogP contribution is 2.18. The Balaban J connectivity index is 1.46. The molecule has 146 valence electrons. The van der Waals surface area contributed by atoms with Crippen LogP contribution >= 0.6 is 0 Å². The van der Waals surface area contributed by atoms with Crippen molar-refractivity contribution in [2.24, 2.45) is 0 Å². The van der Waals surface area contributed by atoms with E-state index in [1.54, 1.807) is 25.3 Å². The average molecular weight is 396 g/mol. The number of nitrogens with one attached hydrogen (secondary N) is 1. The molecule has 1 amide bonds. The zero-order valence-electron chi connectivity index (χ0n) is 15.1. The SMILES string of the molecule is Cc1cc(F)ccc1NC(=O)c1nc(-c2cn(Cc3ccc(F)cc3)nn2)no1. The van der Waals surface area contributed by atoms with E-state index in [2.05, 4.69) is 25.8 Å². The summed E-state index contributed by atoms with van der Waals surface area (Å²) < 4.78 is 32.7. The van der Waals surface area contributed by atoms with E-state index < -0.39 is 11.7 Å². The van der Waals surface area contributed by atoms with Crippen molar-refractivity contribution < 1.29 is 18.1 Å². The molecule has 0 atom stereocenters. The van der Waals surface area contributed by atoms with Crippen LogP contribution in [0.5, 0.6) is 0 Å². The molecule has 1 N–H and O–H groups in total. The van der Waals surface area contributed by atoms with Gasteiger partial charge in [-0.2, -0.15) is 4.98 Å². The lowest BCUT2D eigenvalue weighted by Crippen LogP contribution is -2.13. The number of halogens is 2. The number of nitrogens with zero attached hydrogens (tertiary/aromatic N) is 5. The number of rotatable bonds is 5. The fraction of sp³-hybridized carbons (Fsp3) is 0.105. The normalized spacial score (nSPS) is 10.9. The fourth-order valence-corrected chi connectivity index (χ4v) is 2.62. The summed E-state index contributed by atoms with van der Waals surface area (Å²) in [5.74, 6) is -1.52. The molecule has 0 unspecified atom stereocenters. The first-order valence-corrected chi connectivity index (χ1v) is 8.54. The van der Waals surface area contributed by atoms with Gasteiger partial charge in [0, 0.05) is 5.69 Å². The molecule has 2 aromatic carbocycles. The van der Waals surface area contributed by atoms with Gasteiger partial charge in [0.15, 0.2) is 5.69 Å². The molecule has 10 heteroatoms. The topological polar surface area (TPSA) is 98.7 Å². The molecule has 0 fully saturated rings. The lowest BCUT2D eigenvalue weighted by molar-refractivity contribution is 0.0981. The number of amides is 1. The van der Waals surface area contributed by atoms with Crippen LogP contribution in [0.2, 0.25) is 0 Å². The summed E-state index contributed by atoms with van der Waals surface area (Å²) in [6.45, 7) is 2.04. The maximum Gasteiger partial charge on any atom is 0.316 e. The third kappa shape index (κ3) is 4.15. The van der Waals surface area contributed by atoms with Gasteiger partial charge >= 0.3 is 11.8 Å². The highest BCUT2D eigenvalue weighted by Gasteiger charge is 2.19. The van der Waals surface area contributed by atoms with Gasteiger partial charge in [-0.15, -0.1) is 5.10 Å². The number of aryl methyl sites for hydroxylation is 1. The van der Waals surface area contributed by atoms with Gasteiger partial charge in [0.2, 0.25) is 5.82 Å². The fourth-order valence-electron chi connectivity index (χ4n) is 2.62. The molecule has 8 nitrogen and oxygen atoms in total. The molecule has 0 bridgehead atoms. The van der Waals surface area contributed by atoms with E-state index in [9.17, 15) is 13.6 Å². The van der Waals surface area contributed by atoms with Crippen molar-refractivity contribution in [3.8, 4) is 11.5 Å². The molecule has 0 aliphatic rings. The largest absolute Gasteiger partial charge is 0.328 e. The van der Waals surface area contributed by atoms with Crippen molar-refractivity contribution >= 4 is 11.6 Å². The van der Waals surface area contributed by atoms with Crippen LogP contribution in [0.4, 0.5) is 14.5 Å². The van der Waals surface area contributed by atoms with Gasteiger partial charge in [-0.05, 0) is 48.4 Å². The van der Waals surface area contributed by atoms with Gasteiger partial charge in [0.25, 0.3) is 0 Å². The van der Waals surface area contributed by atoms with Gasteiger partial charge in [0.05, 0.1) is 12.7 Å². The molecule has 0 aliphatic heterocycles. The molecule has 0 saturated heterocycles. The molecule has 4 rings (SSSR count). The highest BCUT2D eigenvalue weighted by atomic mass is 19.1. The maximum atomic E-state index is 13.2. The summed E-state index contributed by atoms with van der Waals surface area (Å²) in [6.07, 6.45) is 1.58. The second-order valence-corrected chi connectivity index (χ2v) is 6.26. The van der Waals surface area contributed by atoms with Gasteiger partial charge in [-0.1, -0.05) is 22.5 Å². The Morgan fingerprint density at radius 2 is 1.90 bits per heavy atom. The molecule has 2 aromatic heterocycles. The number of carbonyl (C=O) groups excluding carboxylic acids is 1. The van der Waals surface area contributed by atoms with Crippen LogP contribution in [-0.2, 0) is 6.54 Å². The quantitative estimate of drug-likeness (QED) is 0.556. The van der Waals surface area contributed by atoms with Crippen molar-refractivity contribution in [1.82, 2.24) is 25.1 Å². The Labute approximate surface area is 163 Å². The summed E-state index contributed by atoms with van der Waals surface area (Å²) in [4.78, 5) is 16.3. The van der Waals surface area contributed by atoms with E-state index in [0.717, 1.165) is 5.56 Å². The van der Waals surface area contributed by atoms with Crippen LogP contribution in [0.15, 0.2) is 53.2 Å². The summed E-state index contributed by atoms with van der Waals surface area (Å²) in [5.41, 5.74) is 2.14. The Bertz CT molecular complexity index is 1170. The Morgan fingerprint density at radius 1 is 1.14 bits per heavy atom. The maximum absolute atomic E-state index is 13.2. The molecule has 0 radical (unpaired) electrons. The number of anilines is 1. The smallest absolute Gasteiger partial charge is 0.316 e. The van der Waals surface area contributed by atoms with Crippen LogP contribution in [0.25, 0.3) is 11.5 Å². The van der Waals surface area contributed by atoms with E-state index in [1.165, 1.54) is 35.0 Å². The van der Waals surface area contributed by atoms with Crippen LogP contribution in [0.3, 0.4) is 0 Å². The predicted molar refractivity (Wildman–Crippen MR) is 97.9 cm³/mol. The van der Waals surface area contributed by atoms with Crippen molar-refractivity contribution in [3.05, 3.63) is 77.3 Å². The Hall–Kier alpha value is -3.95. The average Bonchev–Trinajstić information content (AvgIpc) is 3.35. The summed E-state index contributed by atoms with van der Waals surface area (Å²) >= 11 is 0. The minimum atomic E-state index is -0.628. The summed E-state index contributed by atoms with van der Waals surface area (Å²) in [7, 11) is 0. The molecular formula is C19H14F2N6O2. The minimum absolute atomic E-state index is 0.0938. The van der Waals surface area contributed by atoms with E-state index >= 15 is 0 Å². The van der Waals surface area contributed by atoms with Crippen LogP contribution in [0.1, 0.15) is 21.8 Å². The van der Waals surface area contributed by atoms with Crippen LogP contribution in [0, 0.1) is 18.6 Å². The number of benzene rings is 2. The first-order valence-electron chi connectivity index (χ1n) is 8.54. The van der Waals surface area contributed by atoms with Crippen LogP contribution in [-0.4, -0.2) is 31.0 Å². The number of aromatic nitrogens is 5. The second kappa shape index (κ2) is 7.58. The molecular weight excluding hydrogens is 382 g/mol. The molecule has 2 heterocycles. The summed E-state index contributed by atoms with van der Waals surface area (Å²) in [6, 6.07) is 9.99. The van der Waals surface area contributed by atoms with Crippen molar-refractivity contribution in [2.75, 3.05) is 5.32 Å². The number of hydrogen-bond acceptors (Lipinski definition) is 6. The zero-order chi connectivity index (χ0) is 20.4. The second-order valence-electron chi connectivity index (χ2n) is 6.26. The van der Waals surface area contributed by atoms with Crippen molar-refractivity contribution in [1.29, 1.82) is 0 Å². The lowest BCUT2D eigenvalue weighted by Gasteiger charge is -2.05. The van der Waals surface area contributed by atoms with E-state index in [-0.39, 0.29) is 17.5 Å². The van der Waals surface area contributed by atoms with Crippen LogP contribution < -0.4 is 5.32 Å². The highest BCUT2D eigenvalue weighted by molar-refractivity contribution is 6.01. The van der Waals surface area contributed by atoms with E-state index in [4.69, 9.17) is 4.52 Å². The first-order chi connectivity index (χ1) is 14.0. The van der Waals surface area contributed by atoms with Gasteiger partial charge < -0.3 is 9.84 Å². The van der Waals surface area contributed by atoms with Gasteiger partial charge in [0.1, 0.15) is 11.6 Å². The molecule has 0 spiro atoms. The lowest BCUT2D eigenvalue weighted by atomic mass is 10.2. The van der Waals surface area contributed by atoms with Crippen molar-refractivity contribution in [3.63, 3.8) is 0 Å².